The van der Waals surface area contributed by atoms with Crippen LogP contribution in [0.15, 0.2) is 72.8 Å². The van der Waals surface area contributed by atoms with Gasteiger partial charge in [-0.3, -0.25) is 4.90 Å². The predicted octanol–water partition coefficient (Wildman–Crippen LogP) is 4.43. The standard InChI is InChI=1S/C30H36N2O4/c1-21-28(19-32-13-15-34-16-14-32)35-30(36-29(21)25-7-5-22(20-33)6-8-25)26-11-9-24(10-12-26)27-4-2-3-23(17-27)18-31/h2-12,17,21,28-30,33H,13-16,18-20,31H2,1H3. The molecule has 2 saturated heterocycles. The summed E-state index contributed by atoms with van der Waals surface area (Å²) in [6, 6.07) is 24.8. The van der Waals surface area contributed by atoms with E-state index >= 15 is 0 Å². The van der Waals surface area contributed by atoms with Gasteiger partial charge in [-0.15, -0.1) is 0 Å². The Morgan fingerprint density at radius 2 is 1.58 bits per heavy atom. The van der Waals surface area contributed by atoms with Crippen LogP contribution in [0.5, 0.6) is 0 Å². The van der Waals surface area contributed by atoms with Crippen LogP contribution in [0.25, 0.3) is 11.1 Å². The lowest BCUT2D eigenvalue weighted by molar-refractivity contribution is -0.277. The van der Waals surface area contributed by atoms with Crippen molar-refractivity contribution in [1.29, 1.82) is 0 Å². The van der Waals surface area contributed by atoms with Gasteiger partial charge in [-0.2, -0.15) is 0 Å². The van der Waals surface area contributed by atoms with E-state index in [9.17, 15) is 5.11 Å². The third-order valence-electron chi connectivity index (χ3n) is 7.34. The zero-order valence-electron chi connectivity index (χ0n) is 20.9. The van der Waals surface area contributed by atoms with Crippen molar-refractivity contribution >= 4 is 0 Å². The van der Waals surface area contributed by atoms with Crippen molar-refractivity contribution in [3.05, 3.63) is 95.1 Å². The maximum Gasteiger partial charge on any atom is 0.184 e. The molecule has 5 rings (SSSR count). The van der Waals surface area contributed by atoms with Gasteiger partial charge in [0, 0.05) is 37.7 Å². The van der Waals surface area contributed by atoms with E-state index in [1.165, 1.54) is 0 Å². The Kier molecular flexibility index (Phi) is 8.12. The molecule has 2 aliphatic rings. The largest absolute Gasteiger partial charge is 0.392 e. The first-order valence-electron chi connectivity index (χ1n) is 12.8. The fraction of sp³-hybridized carbons (Fsp3) is 0.400. The summed E-state index contributed by atoms with van der Waals surface area (Å²) in [5.41, 5.74) is 12.2. The molecule has 3 aromatic rings. The van der Waals surface area contributed by atoms with Gasteiger partial charge in [0.2, 0.25) is 0 Å². The van der Waals surface area contributed by atoms with E-state index in [2.05, 4.69) is 60.4 Å². The number of ether oxygens (including phenoxy) is 3. The monoisotopic (exact) mass is 488 g/mol. The van der Waals surface area contributed by atoms with Crippen molar-refractivity contribution in [3.8, 4) is 11.1 Å². The van der Waals surface area contributed by atoms with Crippen LogP contribution in [-0.2, 0) is 27.4 Å². The first-order valence-corrected chi connectivity index (χ1v) is 12.8. The minimum absolute atomic E-state index is 0.0188. The number of hydrogen-bond acceptors (Lipinski definition) is 6. The molecular weight excluding hydrogens is 452 g/mol. The number of hydrogen-bond donors (Lipinski definition) is 2. The average molecular weight is 489 g/mol. The van der Waals surface area contributed by atoms with Gasteiger partial charge in [0.1, 0.15) is 0 Å². The van der Waals surface area contributed by atoms with E-state index in [0.29, 0.717) is 6.54 Å². The Morgan fingerprint density at radius 1 is 0.861 bits per heavy atom. The molecule has 190 valence electrons. The van der Waals surface area contributed by atoms with Gasteiger partial charge in [-0.05, 0) is 33.9 Å². The lowest BCUT2D eigenvalue weighted by Gasteiger charge is -2.43. The highest BCUT2D eigenvalue weighted by atomic mass is 16.7. The molecule has 0 aliphatic carbocycles. The van der Waals surface area contributed by atoms with E-state index in [1.807, 2.05) is 24.3 Å². The minimum atomic E-state index is -0.459. The summed E-state index contributed by atoms with van der Waals surface area (Å²) in [6.45, 7) is 6.99. The second-order valence-corrected chi connectivity index (χ2v) is 9.76. The predicted molar refractivity (Wildman–Crippen MR) is 140 cm³/mol. The molecule has 3 aromatic carbocycles. The molecule has 36 heavy (non-hydrogen) atoms. The van der Waals surface area contributed by atoms with Gasteiger partial charge in [0.15, 0.2) is 6.29 Å². The van der Waals surface area contributed by atoms with Crippen LogP contribution in [-0.4, -0.2) is 49.0 Å². The summed E-state index contributed by atoms with van der Waals surface area (Å²) >= 11 is 0. The van der Waals surface area contributed by atoms with Crippen molar-refractivity contribution in [2.24, 2.45) is 11.7 Å². The lowest BCUT2D eigenvalue weighted by Crippen LogP contribution is -2.47. The molecule has 0 amide bonds. The highest BCUT2D eigenvalue weighted by Crippen LogP contribution is 2.42. The minimum Gasteiger partial charge on any atom is -0.392 e. The van der Waals surface area contributed by atoms with E-state index in [4.69, 9.17) is 19.9 Å². The van der Waals surface area contributed by atoms with Gasteiger partial charge in [-0.1, -0.05) is 73.7 Å². The van der Waals surface area contributed by atoms with E-state index in [0.717, 1.165) is 66.2 Å². The Hall–Kier alpha value is -2.58. The first kappa shape index (κ1) is 25.1. The van der Waals surface area contributed by atoms with Crippen molar-refractivity contribution in [1.82, 2.24) is 4.90 Å². The summed E-state index contributed by atoms with van der Waals surface area (Å²) in [7, 11) is 0. The molecule has 0 saturated carbocycles. The van der Waals surface area contributed by atoms with E-state index < -0.39 is 6.29 Å². The molecule has 4 atom stereocenters. The third-order valence-corrected chi connectivity index (χ3v) is 7.34. The molecule has 2 aliphatic heterocycles. The average Bonchev–Trinajstić information content (AvgIpc) is 2.95. The van der Waals surface area contributed by atoms with Crippen LogP contribution in [0.4, 0.5) is 0 Å². The van der Waals surface area contributed by atoms with Gasteiger partial charge >= 0.3 is 0 Å². The van der Waals surface area contributed by atoms with Gasteiger partial charge in [0.25, 0.3) is 0 Å². The smallest absolute Gasteiger partial charge is 0.184 e. The molecule has 0 spiro atoms. The third kappa shape index (κ3) is 5.70. The number of aliphatic hydroxyl groups excluding tert-OH is 1. The van der Waals surface area contributed by atoms with Crippen molar-refractivity contribution in [3.63, 3.8) is 0 Å². The number of nitrogens with zero attached hydrogens (tertiary/aromatic N) is 1. The molecule has 4 unspecified atom stereocenters. The number of morpholine rings is 1. The Bertz CT molecular complexity index is 1110. The quantitative estimate of drug-likeness (QED) is 0.513. The van der Waals surface area contributed by atoms with Gasteiger partial charge in [0.05, 0.1) is 32.0 Å². The van der Waals surface area contributed by atoms with Crippen molar-refractivity contribution in [2.45, 2.75) is 38.6 Å². The summed E-state index contributed by atoms with van der Waals surface area (Å²) < 4.78 is 18.8. The molecule has 0 radical (unpaired) electrons. The molecule has 2 heterocycles. The lowest BCUT2D eigenvalue weighted by atomic mass is 9.90. The number of aliphatic hydroxyl groups is 1. The van der Waals surface area contributed by atoms with Gasteiger partial charge in [-0.25, -0.2) is 0 Å². The van der Waals surface area contributed by atoms with E-state index in [1.54, 1.807) is 0 Å². The van der Waals surface area contributed by atoms with Crippen LogP contribution in [0.2, 0.25) is 0 Å². The highest BCUT2D eigenvalue weighted by Gasteiger charge is 2.39. The zero-order valence-corrected chi connectivity index (χ0v) is 20.9. The summed E-state index contributed by atoms with van der Waals surface area (Å²) in [6.07, 6.45) is -0.548. The second-order valence-electron chi connectivity index (χ2n) is 9.76. The number of nitrogens with two attached hydrogens (primary N) is 1. The van der Waals surface area contributed by atoms with Gasteiger partial charge < -0.3 is 25.1 Å². The zero-order chi connectivity index (χ0) is 24.9. The summed E-state index contributed by atoms with van der Waals surface area (Å²) in [5, 5.41) is 9.47. The molecule has 0 aromatic heterocycles. The van der Waals surface area contributed by atoms with Crippen LogP contribution < -0.4 is 5.73 Å². The van der Waals surface area contributed by atoms with Crippen LogP contribution in [0, 0.1) is 5.92 Å². The Balaban J connectivity index is 1.39. The molecular formula is C30H36N2O4. The SMILES string of the molecule is CC1C(CN2CCOCC2)OC(c2ccc(-c3cccc(CN)c3)cc2)OC1c1ccc(CO)cc1. The number of benzene rings is 3. The highest BCUT2D eigenvalue weighted by molar-refractivity contribution is 5.64. The fourth-order valence-corrected chi connectivity index (χ4v) is 5.08. The normalized spacial score (nSPS) is 25.1. The van der Waals surface area contributed by atoms with E-state index in [-0.39, 0.29) is 24.7 Å². The molecule has 2 fully saturated rings. The first-order chi connectivity index (χ1) is 17.6. The molecule has 6 nitrogen and oxygen atoms in total. The van der Waals surface area contributed by atoms with Crippen molar-refractivity contribution < 1.29 is 19.3 Å². The van der Waals surface area contributed by atoms with Crippen molar-refractivity contribution in [2.75, 3.05) is 32.8 Å². The topological polar surface area (TPSA) is 77.2 Å². The maximum absolute atomic E-state index is 9.47. The fourth-order valence-electron chi connectivity index (χ4n) is 5.08. The van der Waals surface area contributed by atoms with Crippen LogP contribution >= 0.6 is 0 Å². The Labute approximate surface area is 213 Å². The molecule has 0 bridgehead atoms. The second kappa shape index (κ2) is 11.6. The molecule has 3 N–H and O–H groups in total. The summed E-state index contributed by atoms with van der Waals surface area (Å²) in [5.74, 6) is 0.169. The molecule has 6 heteroatoms. The van der Waals surface area contributed by atoms with Crippen LogP contribution in [0.1, 0.15) is 41.6 Å². The number of rotatable bonds is 7. The maximum atomic E-state index is 9.47. The summed E-state index contributed by atoms with van der Waals surface area (Å²) in [4.78, 5) is 2.42. The Morgan fingerprint density at radius 3 is 2.28 bits per heavy atom. The van der Waals surface area contributed by atoms with Crippen LogP contribution in [0.3, 0.4) is 0 Å².